The third-order valence-electron chi connectivity index (χ3n) is 3.26. The maximum atomic E-state index is 4.57. The second-order valence-corrected chi connectivity index (χ2v) is 5.68. The SMILES string of the molecule is Cc1nc(Nc2nncs2)cc(C2CCN(C)C2)n1. The Bertz CT molecular complexity index is 555. The van der Waals surface area contributed by atoms with E-state index in [9.17, 15) is 0 Å². The highest BCUT2D eigenvalue weighted by atomic mass is 32.1. The number of hydrogen-bond acceptors (Lipinski definition) is 7. The normalized spacial score (nSPS) is 19.8. The van der Waals surface area contributed by atoms with E-state index in [2.05, 4.69) is 37.4 Å². The van der Waals surface area contributed by atoms with Gasteiger partial charge in [0.25, 0.3) is 0 Å². The van der Waals surface area contributed by atoms with E-state index in [0.29, 0.717) is 5.92 Å². The summed E-state index contributed by atoms with van der Waals surface area (Å²) < 4.78 is 0. The highest BCUT2D eigenvalue weighted by molar-refractivity contribution is 7.13. The van der Waals surface area contributed by atoms with Crippen molar-refractivity contribution < 1.29 is 0 Å². The first-order valence-corrected chi connectivity index (χ1v) is 7.16. The molecule has 1 unspecified atom stereocenters. The number of rotatable bonds is 3. The lowest BCUT2D eigenvalue weighted by atomic mass is 10.0. The molecule has 0 spiro atoms. The molecule has 19 heavy (non-hydrogen) atoms. The van der Waals surface area contributed by atoms with Gasteiger partial charge in [-0.1, -0.05) is 11.3 Å². The smallest absolute Gasteiger partial charge is 0.210 e. The van der Waals surface area contributed by atoms with E-state index in [4.69, 9.17) is 0 Å². The summed E-state index contributed by atoms with van der Waals surface area (Å²) in [6.45, 7) is 4.12. The largest absolute Gasteiger partial charge is 0.315 e. The molecule has 100 valence electrons. The van der Waals surface area contributed by atoms with Gasteiger partial charge in [0.15, 0.2) is 0 Å². The van der Waals surface area contributed by atoms with Crippen molar-refractivity contribution in [2.24, 2.45) is 0 Å². The topological polar surface area (TPSA) is 66.8 Å². The van der Waals surface area contributed by atoms with Crippen molar-refractivity contribution in [3.8, 4) is 0 Å². The second kappa shape index (κ2) is 5.18. The molecule has 2 aromatic rings. The summed E-state index contributed by atoms with van der Waals surface area (Å²) >= 11 is 1.46. The number of likely N-dealkylation sites (tertiary alicyclic amines) is 1. The van der Waals surface area contributed by atoms with Gasteiger partial charge in [0.1, 0.15) is 17.2 Å². The summed E-state index contributed by atoms with van der Waals surface area (Å²) in [4.78, 5) is 11.3. The first-order valence-electron chi connectivity index (χ1n) is 6.28. The average molecular weight is 276 g/mol. The van der Waals surface area contributed by atoms with Crippen LogP contribution in [-0.2, 0) is 0 Å². The van der Waals surface area contributed by atoms with Gasteiger partial charge in [-0.05, 0) is 26.9 Å². The Balaban J connectivity index is 1.83. The highest BCUT2D eigenvalue weighted by Gasteiger charge is 2.23. The second-order valence-electron chi connectivity index (χ2n) is 4.84. The summed E-state index contributed by atoms with van der Waals surface area (Å²) in [5.41, 5.74) is 2.81. The Kier molecular flexibility index (Phi) is 3.39. The van der Waals surface area contributed by atoms with Crippen LogP contribution >= 0.6 is 11.3 Å². The van der Waals surface area contributed by atoms with E-state index >= 15 is 0 Å². The predicted octanol–water partition coefficient (Wildman–Crippen LogP) is 1.80. The number of nitrogens with one attached hydrogen (secondary N) is 1. The van der Waals surface area contributed by atoms with Crippen LogP contribution in [0.5, 0.6) is 0 Å². The van der Waals surface area contributed by atoms with Crippen molar-refractivity contribution in [1.29, 1.82) is 0 Å². The van der Waals surface area contributed by atoms with Crippen molar-refractivity contribution in [1.82, 2.24) is 25.1 Å². The number of likely N-dealkylation sites (N-methyl/N-ethyl adjacent to an activating group) is 1. The van der Waals surface area contributed by atoms with E-state index in [1.807, 2.05) is 13.0 Å². The Hall–Kier alpha value is -1.60. The molecule has 3 rings (SSSR count). The zero-order valence-electron chi connectivity index (χ0n) is 11.0. The Labute approximate surface area is 115 Å². The number of hydrogen-bond donors (Lipinski definition) is 1. The van der Waals surface area contributed by atoms with Gasteiger partial charge in [0.2, 0.25) is 5.13 Å². The summed E-state index contributed by atoms with van der Waals surface area (Å²) in [5, 5.41) is 11.7. The standard InChI is InChI=1S/C12H16N6S/c1-8-14-10(9-3-4-18(2)6-9)5-11(15-8)16-12-17-13-7-19-12/h5,7,9H,3-4,6H2,1-2H3,(H,14,15,16,17). The lowest BCUT2D eigenvalue weighted by Gasteiger charge is -2.12. The van der Waals surface area contributed by atoms with Crippen molar-refractivity contribution >= 4 is 22.3 Å². The molecular formula is C12H16N6S. The molecule has 1 aliphatic rings. The van der Waals surface area contributed by atoms with Gasteiger partial charge in [0, 0.05) is 18.5 Å². The molecule has 0 radical (unpaired) electrons. The fraction of sp³-hybridized carbons (Fsp3) is 0.500. The highest BCUT2D eigenvalue weighted by Crippen LogP contribution is 2.27. The van der Waals surface area contributed by atoms with Crippen molar-refractivity contribution in [3.05, 3.63) is 23.1 Å². The molecule has 3 heterocycles. The molecule has 1 atom stereocenters. The van der Waals surface area contributed by atoms with E-state index < -0.39 is 0 Å². The molecule has 7 heteroatoms. The van der Waals surface area contributed by atoms with Gasteiger partial charge in [-0.25, -0.2) is 9.97 Å². The minimum absolute atomic E-state index is 0.502. The van der Waals surface area contributed by atoms with Crippen molar-refractivity contribution in [3.63, 3.8) is 0 Å². The maximum absolute atomic E-state index is 4.57. The Morgan fingerprint density at radius 2 is 2.32 bits per heavy atom. The number of aryl methyl sites for hydroxylation is 1. The van der Waals surface area contributed by atoms with Crippen LogP contribution in [0.15, 0.2) is 11.6 Å². The van der Waals surface area contributed by atoms with Crippen LogP contribution < -0.4 is 5.32 Å². The van der Waals surface area contributed by atoms with E-state index in [1.54, 1.807) is 5.51 Å². The Morgan fingerprint density at radius 3 is 3.00 bits per heavy atom. The zero-order chi connectivity index (χ0) is 13.2. The minimum Gasteiger partial charge on any atom is -0.315 e. The van der Waals surface area contributed by atoms with Crippen molar-refractivity contribution in [2.45, 2.75) is 19.3 Å². The van der Waals surface area contributed by atoms with Gasteiger partial charge in [-0.3, -0.25) is 0 Å². The summed E-state index contributed by atoms with van der Waals surface area (Å²) in [6.07, 6.45) is 1.16. The molecule has 1 N–H and O–H groups in total. The number of anilines is 2. The third kappa shape index (κ3) is 2.87. The fourth-order valence-corrected chi connectivity index (χ4v) is 2.83. The van der Waals surface area contributed by atoms with E-state index in [1.165, 1.54) is 11.3 Å². The van der Waals surface area contributed by atoms with Gasteiger partial charge in [0.05, 0.1) is 5.69 Å². The molecule has 6 nitrogen and oxygen atoms in total. The summed E-state index contributed by atoms with van der Waals surface area (Å²) in [7, 11) is 2.15. The molecule has 0 bridgehead atoms. The van der Waals surface area contributed by atoms with Crippen LogP contribution in [0.25, 0.3) is 0 Å². The monoisotopic (exact) mass is 276 g/mol. The van der Waals surface area contributed by atoms with Gasteiger partial charge in [-0.15, -0.1) is 10.2 Å². The molecular weight excluding hydrogens is 260 g/mol. The lowest BCUT2D eigenvalue weighted by molar-refractivity contribution is 0.410. The molecule has 1 fully saturated rings. The summed E-state index contributed by atoms with van der Waals surface area (Å²) in [5.74, 6) is 2.09. The average Bonchev–Trinajstić information content (AvgIpc) is 3.00. The zero-order valence-corrected chi connectivity index (χ0v) is 11.8. The number of nitrogens with zero attached hydrogens (tertiary/aromatic N) is 5. The quantitative estimate of drug-likeness (QED) is 0.922. The maximum Gasteiger partial charge on any atom is 0.210 e. The van der Waals surface area contributed by atoms with Crippen LogP contribution in [0.3, 0.4) is 0 Å². The fourth-order valence-electron chi connectivity index (χ4n) is 2.38. The predicted molar refractivity (Wildman–Crippen MR) is 74.8 cm³/mol. The Morgan fingerprint density at radius 1 is 1.42 bits per heavy atom. The molecule has 0 aromatic carbocycles. The summed E-state index contributed by atoms with van der Waals surface area (Å²) in [6, 6.07) is 2.03. The molecule has 0 saturated carbocycles. The van der Waals surface area contributed by atoms with Gasteiger partial charge < -0.3 is 10.2 Å². The van der Waals surface area contributed by atoms with Crippen LogP contribution in [0, 0.1) is 6.92 Å². The number of aromatic nitrogens is 4. The first kappa shape index (κ1) is 12.4. The van der Waals surface area contributed by atoms with Crippen LogP contribution in [-0.4, -0.2) is 45.2 Å². The molecule has 1 aliphatic heterocycles. The van der Waals surface area contributed by atoms with Crippen LogP contribution in [0.1, 0.15) is 23.9 Å². The molecule has 2 aromatic heterocycles. The third-order valence-corrected chi connectivity index (χ3v) is 3.87. The minimum atomic E-state index is 0.502. The first-order chi connectivity index (χ1) is 9.20. The van der Waals surface area contributed by atoms with Crippen LogP contribution in [0.4, 0.5) is 10.9 Å². The lowest BCUT2D eigenvalue weighted by Crippen LogP contribution is -2.14. The molecule has 1 saturated heterocycles. The van der Waals surface area contributed by atoms with E-state index in [0.717, 1.165) is 42.0 Å². The van der Waals surface area contributed by atoms with E-state index in [-0.39, 0.29) is 0 Å². The molecule has 0 aliphatic carbocycles. The van der Waals surface area contributed by atoms with Gasteiger partial charge >= 0.3 is 0 Å². The van der Waals surface area contributed by atoms with Crippen LogP contribution in [0.2, 0.25) is 0 Å². The molecule has 0 amide bonds. The van der Waals surface area contributed by atoms with Gasteiger partial charge in [-0.2, -0.15) is 0 Å². The van der Waals surface area contributed by atoms with Crippen molar-refractivity contribution in [2.75, 3.05) is 25.5 Å².